The van der Waals surface area contributed by atoms with Gasteiger partial charge in [0, 0.05) is 11.8 Å². The fourth-order valence-electron chi connectivity index (χ4n) is 2.28. The minimum atomic E-state index is -5.09. The molecule has 0 saturated carbocycles. The molecule has 1 aromatic carbocycles. The molecule has 6 heteroatoms. The molecule has 0 aliphatic carbocycles. The lowest BCUT2D eigenvalue weighted by Crippen LogP contribution is -2.11. The van der Waals surface area contributed by atoms with Crippen LogP contribution in [0.15, 0.2) is 30.5 Å². The lowest BCUT2D eigenvalue weighted by Gasteiger charge is -2.09. The number of alkyl halides is 3. The van der Waals surface area contributed by atoms with Crippen LogP contribution in [0.5, 0.6) is 0 Å². The van der Waals surface area contributed by atoms with Crippen LogP contribution < -0.4 is 0 Å². The van der Waals surface area contributed by atoms with Crippen molar-refractivity contribution in [2.24, 2.45) is 0 Å². The Morgan fingerprint density at radius 2 is 1.68 bits per heavy atom. The Bertz CT molecular complexity index is 759. The van der Waals surface area contributed by atoms with E-state index in [4.69, 9.17) is 0 Å². The molecule has 0 unspecified atom stereocenters. The molecule has 0 N–H and O–H groups in total. The molecule has 0 spiro atoms. The van der Waals surface area contributed by atoms with Crippen LogP contribution in [0.3, 0.4) is 0 Å². The van der Waals surface area contributed by atoms with Gasteiger partial charge in [-0.05, 0) is 42.5 Å². The average molecular weight is 353 g/mol. The zero-order chi connectivity index (χ0) is 18.4. The standard InChI is InChI=1S/C19H16F5N/c1-2-3-4-5-13-6-8-15(25-12-13)9-7-14-10-16(20)18(17(21)11-14)19(22,23)24/h6,8,10-12H,2-5H2,1H3. The molecule has 0 amide bonds. The van der Waals surface area contributed by atoms with Crippen molar-refractivity contribution in [1.29, 1.82) is 0 Å². The van der Waals surface area contributed by atoms with Crippen molar-refractivity contribution in [3.8, 4) is 11.8 Å². The largest absolute Gasteiger partial charge is 0.422 e. The molecule has 0 saturated heterocycles. The molecule has 0 aliphatic heterocycles. The molecule has 1 heterocycles. The third kappa shape index (κ3) is 5.28. The van der Waals surface area contributed by atoms with Gasteiger partial charge >= 0.3 is 6.18 Å². The maximum atomic E-state index is 13.5. The monoisotopic (exact) mass is 353 g/mol. The molecule has 25 heavy (non-hydrogen) atoms. The summed E-state index contributed by atoms with van der Waals surface area (Å²) in [5.41, 5.74) is -0.657. The number of hydrogen-bond donors (Lipinski definition) is 0. The second-order valence-corrected chi connectivity index (χ2v) is 5.57. The highest BCUT2D eigenvalue weighted by molar-refractivity contribution is 5.42. The SMILES string of the molecule is CCCCCc1ccc(C#Cc2cc(F)c(C(F)(F)F)c(F)c2)nc1. The minimum Gasteiger partial charge on any atom is -0.248 e. The second-order valence-electron chi connectivity index (χ2n) is 5.57. The molecule has 2 aromatic rings. The van der Waals surface area contributed by atoms with E-state index in [0.717, 1.165) is 31.2 Å². The summed E-state index contributed by atoms with van der Waals surface area (Å²) >= 11 is 0. The topological polar surface area (TPSA) is 12.9 Å². The second kappa shape index (κ2) is 8.11. The molecule has 0 atom stereocenters. The van der Waals surface area contributed by atoms with Crippen LogP contribution in [-0.4, -0.2) is 4.98 Å². The van der Waals surface area contributed by atoms with Crippen molar-refractivity contribution in [3.63, 3.8) is 0 Å². The number of halogens is 5. The van der Waals surface area contributed by atoms with Crippen LogP contribution in [0.2, 0.25) is 0 Å². The van der Waals surface area contributed by atoms with Gasteiger partial charge in [-0.2, -0.15) is 13.2 Å². The van der Waals surface area contributed by atoms with Gasteiger partial charge in [0.25, 0.3) is 0 Å². The van der Waals surface area contributed by atoms with E-state index in [-0.39, 0.29) is 5.56 Å². The number of rotatable bonds is 4. The number of hydrogen-bond acceptors (Lipinski definition) is 1. The van der Waals surface area contributed by atoms with Crippen molar-refractivity contribution < 1.29 is 22.0 Å². The van der Waals surface area contributed by atoms with Gasteiger partial charge in [-0.15, -0.1) is 0 Å². The minimum absolute atomic E-state index is 0.183. The van der Waals surface area contributed by atoms with E-state index in [1.54, 1.807) is 12.3 Å². The number of unbranched alkanes of at least 4 members (excludes halogenated alkanes) is 2. The Balaban J connectivity index is 2.16. The first kappa shape index (κ1) is 18.9. The van der Waals surface area contributed by atoms with Crippen molar-refractivity contribution in [2.45, 2.75) is 38.8 Å². The van der Waals surface area contributed by atoms with Gasteiger partial charge in [0.2, 0.25) is 0 Å². The normalized spacial score (nSPS) is 11.1. The number of benzene rings is 1. The summed E-state index contributed by atoms with van der Waals surface area (Å²) in [5, 5.41) is 0. The highest BCUT2D eigenvalue weighted by Crippen LogP contribution is 2.33. The third-order valence-corrected chi connectivity index (χ3v) is 3.55. The summed E-state index contributed by atoms with van der Waals surface area (Å²) in [5.74, 6) is 1.66. The first-order valence-corrected chi connectivity index (χ1v) is 7.84. The molecule has 1 aromatic heterocycles. The number of pyridine rings is 1. The van der Waals surface area contributed by atoms with Gasteiger partial charge in [0.05, 0.1) is 0 Å². The van der Waals surface area contributed by atoms with Crippen LogP contribution in [0.25, 0.3) is 0 Å². The summed E-state index contributed by atoms with van der Waals surface area (Å²) < 4.78 is 64.5. The van der Waals surface area contributed by atoms with Gasteiger partial charge in [-0.3, -0.25) is 0 Å². The van der Waals surface area contributed by atoms with Crippen LogP contribution in [-0.2, 0) is 12.6 Å². The molecule has 132 valence electrons. The average Bonchev–Trinajstić information content (AvgIpc) is 2.52. The van der Waals surface area contributed by atoms with E-state index < -0.39 is 23.4 Å². The zero-order valence-electron chi connectivity index (χ0n) is 13.6. The maximum absolute atomic E-state index is 13.5. The molecule has 2 rings (SSSR count). The molecule has 1 nitrogen and oxygen atoms in total. The van der Waals surface area contributed by atoms with E-state index in [0.29, 0.717) is 17.8 Å². The Hall–Kier alpha value is -2.42. The molecular formula is C19H16F5N. The highest BCUT2D eigenvalue weighted by Gasteiger charge is 2.37. The van der Waals surface area contributed by atoms with Gasteiger partial charge in [0.1, 0.15) is 22.9 Å². The van der Waals surface area contributed by atoms with E-state index in [2.05, 4.69) is 23.7 Å². The van der Waals surface area contributed by atoms with Crippen molar-refractivity contribution in [1.82, 2.24) is 4.98 Å². The quantitative estimate of drug-likeness (QED) is 0.401. The Kier molecular flexibility index (Phi) is 6.13. The fourth-order valence-corrected chi connectivity index (χ4v) is 2.28. The lowest BCUT2D eigenvalue weighted by atomic mass is 10.1. The van der Waals surface area contributed by atoms with Crippen LogP contribution in [0, 0.1) is 23.5 Å². The van der Waals surface area contributed by atoms with Gasteiger partial charge in [-0.25, -0.2) is 13.8 Å². The predicted molar refractivity (Wildman–Crippen MR) is 84.8 cm³/mol. The number of aromatic nitrogens is 1. The summed E-state index contributed by atoms with van der Waals surface area (Å²) in [6.07, 6.45) is 0.809. The van der Waals surface area contributed by atoms with E-state index >= 15 is 0 Å². The summed E-state index contributed by atoms with van der Waals surface area (Å²) in [6, 6.07) is 4.67. The first-order chi connectivity index (χ1) is 11.8. The van der Waals surface area contributed by atoms with Crippen molar-refractivity contribution in [2.75, 3.05) is 0 Å². The smallest absolute Gasteiger partial charge is 0.248 e. The summed E-state index contributed by atoms with van der Waals surface area (Å²) in [7, 11) is 0. The zero-order valence-corrected chi connectivity index (χ0v) is 13.6. The van der Waals surface area contributed by atoms with Crippen LogP contribution in [0.4, 0.5) is 22.0 Å². The first-order valence-electron chi connectivity index (χ1n) is 7.84. The molecule has 0 radical (unpaired) electrons. The van der Waals surface area contributed by atoms with Crippen LogP contribution >= 0.6 is 0 Å². The lowest BCUT2D eigenvalue weighted by molar-refractivity contribution is -0.142. The van der Waals surface area contributed by atoms with Crippen molar-refractivity contribution >= 4 is 0 Å². The molecule has 0 fully saturated rings. The predicted octanol–water partition coefficient (Wildman–Crippen LogP) is 5.51. The Morgan fingerprint density at radius 3 is 2.20 bits per heavy atom. The summed E-state index contributed by atoms with van der Waals surface area (Å²) in [6.45, 7) is 2.11. The Morgan fingerprint density at radius 1 is 1.00 bits per heavy atom. The number of nitrogens with zero attached hydrogens (tertiary/aromatic N) is 1. The van der Waals surface area contributed by atoms with Gasteiger partial charge in [0.15, 0.2) is 0 Å². The Labute approximate surface area is 142 Å². The van der Waals surface area contributed by atoms with Crippen molar-refractivity contribution in [3.05, 3.63) is 64.5 Å². The third-order valence-electron chi connectivity index (χ3n) is 3.55. The van der Waals surface area contributed by atoms with Crippen LogP contribution in [0.1, 0.15) is 48.6 Å². The van der Waals surface area contributed by atoms with E-state index in [1.165, 1.54) is 0 Å². The van der Waals surface area contributed by atoms with E-state index in [1.807, 2.05) is 6.07 Å². The fraction of sp³-hybridized carbons (Fsp3) is 0.316. The van der Waals surface area contributed by atoms with E-state index in [9.17, 15) is 22.0 Å². The number of aryl methyl sites for hydroxylation is 1. The molecule has 0 bridgehead atoms. The maximum Gasteiger partial charge on any atom is 0.422 e. The van der Waals surface area contributed by atoms with Gasteiger partial charge < -0.3 is 0 Å². The molecular weight excluding hydrogens is 337 g/mol. The molecule has 0 aliphatic rings. The summed E-state index contributed by atoms with van der Waals surface area (Å²) in [4.78, 5) is 4.13. The van der Waals surface area contributed by atoms with Gasteiger partial charge in [-0.1, -0.05) is 31.8 Å². The highest BCUT2D eigenvalue weighted by atomic mass is 19.4.